The number of amides is 2. The number of aromatic amines is 1. The molecule has 1 aromatic rings. The van der Waals surface area contributed by atoms with Gasteiger partial charge in [0.25, 0.3) is 0 Å². The van der Waals surface area contributed by atoms with Gasteiger partial charge in [0.1, 0.15) is 0 Å². The van der Waals surface area contributed by atoms with E-state index >= 15 is 0 Å². The summed E-state index contributed by atoms with van der Waals surface area (Å²) in [5.41, 5.74) is 0.662. The predicted octanol–water partition coefficient (Wildman–Crippen LogP) is 0.888. The van der Waals surface area contributed by atoms with Crippen molar-refractivity contribution in [3.63, 3.8) is 0 Å². The first-order valence-corrected chi connectivity index (χ1v) is 7.02. The quantitative estimate of drug-likeness (QED) is 0.748. The number of anilines is 1. The standard InChI is InChI=1S/C13H23N5O2/c1-10(2)12(18-3-5-20-6-4-18)9-14-13(19)17-11-7-15-16-8-11/h7-8,10,12H,3-6,9H2,1-2H3,(H,15,16)(H2,14,17,19)/t12-/m1/s1. The molecule has 1 fully saturated rings. The lowest BCUT2D eigenvalue weighted by Gasteiger charge is -2.36. The Kier molecular flexibility index (Phi) is 5.37. The van der Waals surface area contributed by atoms with Crippen LogP contribution in [0.5, 0.6) is 0 Å². The van der Waals surface area contributed by atoms with E-state index in [1.807, 2.05) is 0 Å². The van der Waals surface area contributed by atoms with Crippen LogP contribution in [0.1, 0.15) is 13.8 Å². The average molecular weight is 281 g/mol. The van der Waals surface area contributed by atoms with Crippen molar-refractivity contribution in [2.75, 3.05) is 38.2 Å². The number of carbonyl (C=O) groups excluding carboxylic acids is 1. The van der Waals surface area contributed by atoms with Gasteiger partial charge in [0.05, 0.1) is 25.1 Å². The van der Waals surface area contributed by atoms with Crippen molar-refractivity contribution < 1.29 is 9.53 Å². The van der Waals surface area contributed by atoms with E-state index in [1.165, 1.54) is 0 Å². The van der Waals surface area contributed by atoms with Crippen molar-refractivity contribution in [3.8, 4) is 0 Å². The van der Waals surface area contributed by atoms with Gasteiger partial charge in [0, 0.05) is 31.9 Å². The Hall–Kier alpha value is -1.60. The van der Waals surface area contributed by atoms with Crippen LogP contribution < -0.4 is 10.6 Å². The first kappa shape index (κ1) is 14.8. The van der Waals surface area contributed by atoms with Gasteiger partial charge in [-0.05, 0) is 5.92 Å². The molecule has 7 nitrogen and oxygen atoms in total. The van der Waals surface area contributed by atoms with Crippen molar-refractivity contribution >= 4 is 11.7 Å². The van der Waals surface area contributed by atoms with E-state index < -0.39 is 0 Å². The molecule has 1 aliphatic rings. The molecule has 0 aromatic carbocycles. The SMILES string of the molecule is CC(C)[C@@H](CNC(=O)Nc1cn[nH]c1)N1CCOCC1. The van der Waals surface area contributed by atoms with E-state index in [1.54, 1.807) is 12.4 Å². The first-order chi connectivity index (χ1) is 9.66. The smallest absolute Gasteiger partial charge is 0.319 e. The third-order valence-electron chi connectivity index (χ3n) is 3.51. The second-order valence-corrected chi connectivity index (χ2v) is 5.28. The van der Waals surface area contributed by atoms with E-state index in [0.717, 1.165) is 26.3 Å². The van der Waals surface area contributed by atoms with Gasteiger partial charge in [-0.1, -0.05) is 13.8 Å². The highest BCUT2D eigenvalue weighted by atomic mass is 16.5. The minimum Gasteiger partial charge on any atom is -0.379 e. The van der Waals surface area contributed by atoms with Crippen LogP contribution in [0, 0.1) is 5.92 Å². The molecular weight excluding hydrogens is 258 g/mol. The Morgan fingerprint density at radius 1 is 1.50 bits per heavy atom. The van der Waals surface area contributed by atoms with Gasteiger partial charge in [-0.25, -0.2) is 4.79 Å². The molecule has 20 heavy (non-hydrogen) atoms. The molecule has 2 amide bonds. The van der Waals surface area contributed by atoms with E-state index in [9.17, 15) is 4.79 Å². The minimum atomic E-state index is -0.203. The fourth-order valence-corrected chi connectivity index (χ4v) is 2.39. The summed E-state index contributed by atoms with van der Waals surface area (Å²) < 4.78 is 5.37. The maximum absolute atomic E-state index is 11.8. The number of carbonyl (C=O) groups is 1. The van der Waals surface area contributed by atoms with E-state index in [0.29, 0.717) is 24.2 Å². The van der Waals surface area contributed by atoms with E-state index in [2.05, 4.69) is 39.6 Å². The van der Waals surface area contributed by atoms with Crippen molar-refractivity contribution in [1.29, 1.82) is 0 Å². The summed E-state index contributed by atoms with van der Waals surface area (Å²) in [5, 5.41) is 12.1. The number of ether oxygens (including phenoxy) is 1. The topological polar surface area (TPSA) is 82.3 Å². The van der Waals surface area contributed by atoms with E-state index in [-0.39, 0.29) is 6.03 Å². The number of rotatable bonds is 5. The molecule has 1 aromatic heterocycles. The number of hydrogen-bond acceptors (Lipinski definition) is 4. The highest BCUT2D eigenvalue weighted by Gasteiger charge is 2.24. The molecule has 1 atom stereocenters. The Bertz CT molecular complexity index is 401. The number of aromatic nitrogens is 2. The summed E-state index contributed by atoms with van der Waals surface area (Å²) in [5.74, 6) is 0.474. The van der Waals surface area contributed by atoms with Gasteiger partial charge < -0.3 is 15.4 Å². The predicted molar refractivity (Wildman–Crippen MR) is 76.6 cm³/mol. The summed E-state index contributed by atoms with van der Waals surface area (Å²) >= 11 is 0. The molecular formula is C13H23N5O2. The lowest BCUT2D eigenvalue weighted by molar-refractivity contribution is 0.00728. The lowest BCUT2D eigenvalue weighted by Crippen LogP contribution is -2.51. The highest BCUT2D eigenvalue weighted by Crippen LogP contribution is 2.12. The molecule has 1 aliphatic heterocycles. The number of morpholine rings is 1. The van der Waals surface area contributed by atoms with Gasteiger partial charge in [0.2, 0.25) is 0 Å². The summed E-state index contributed by atoms with van der Waals surface area (Å²) in [6.45, 7) is 8.36. The molecule has 0 bridgehead atoms. The van der Waals surface area contributed by atoms with E-state index in [4.69, 9.17) is 4.74 Å². The zero-order valence-corrected chi connectivity index (χ0v) is 12.1. The largest absolute Gasteiger partial charge is 0.379 e. The average Bonchev–Trinajstić information content (AvgIpc) is 2.92. The second kappa shape index (κ2) is 7.25. The van der Waals surface area contributed by atoms with Gasteiger partial charge in [-0.15, -0.1) is 0 Å². The molecule has 2 heterocycles. The molecule has 112 valence electrons. The fraction of sp³-hybridized carbons (Fsp3) is 0.692. The molecule has 0 aliphatic carbocycles. The highest BCUT2D eigenvalue weighted by molar-refractivity contribution is 5.88. The van der Waals surface area contributed by atoms with Gasteiger partial charge in [0.15, 0.2) is 0 Å². The number of hydrogen-bond donors (Lipinski definition) is 3. The number of H-pyrrole nitrogens is 1. The Morgan fingerprint density at radius 2 is 2.25 bits per heavy atom. The van der Waals surface area contributed by atoms with Gasteiger partial charge in [-0.3, -0.25) is 10.00 Å². The zero-order valence-electron chi connectivity index (χ0n) is 12.1. The summed E-state index contributed by atoms with van der Waals surface area (Å²) in [4.78, 5) is 14.2. The number of nitrogens with zero attached hydrogens (tertiary/aromatic N) is 2. The lowest BCUT2D eigenvalue weighted by atomic mass is 10.0. The van der Waals surface area contributed by atoms with Crippen molar-refractivity contribution in [2.45, 2.75) is 19.9 Å². The first-order valence-electron chi connectivity index (χ1n) is 7.02. The molecule has 0 saturated carbocycles. The van der Waals surface area contributed by atoms with Crippen LogP contribution in [0.2, 0.25) is 0 Å². The molecule has 3 N–H and O–H groups in total. The Labute approximate surface area is 119 Å². The molecule has 7 heteroatoms. The van der Waals surface area contributed by atoms with Crippen LogP contribution in [0.3, 0.4) is 0 Å². The fourth-order valence-electron chi connectivity index (χ4n) is 2.39. The van der Waals surface area contributed by atoms with Crippen LogP contribution in [0.4, 0.5) is 10.5 Å². The summed E-state index contributed by atoms with van der Waals surface area (Å²) in [6.07, 6.45) is 3.21. The van der Waals surface area contributed by atoms with Crippen LogP contribution in [0.25, 0.3) is 0 Å². The van der Waals surface area contributed by atoms with Crippen molar-refractivity contribution in [1.82, 2.24) is 20.4 Å². The minimum absolute atomic E-state index is 0.203. The monoisotopic (exact) mass is 281 g/mol. The molecule has 0 radical (unpaired) electrons. The summed E-state index contributed by atoms with van der Waals surface area (Å²) in [6, 6.07) is 0.124. The normalized spacial score (nSPS) is 17.9. The molecule has 1 saturated heterocycles. The maximum atomic E-state index is 11.8. The molecule has 2 rings (SSSR count). The van der Waals surface area contributed by atoms with Gasteiger partial charge in [-0.2, -0.15) is 5.10 Å². The van der Waals surface area contributed by atoms with Crippen molar-refractivity contribution in [3.05, 3.63) is 12.4 Å². The van der Waals surface area contributed by atoms with Crippen molar-refractivity contribution in [2.24, 2.45) is 5.92 Å². The molecule has 0 unspecified atom stereocenters. The third kappa shape index (κ3) is 4.21. The number of urea groups is 1. The van der Waals surface area contributed by atoms with Crippen LogP contribution in [0.15, 0.2) is 12.4 Å². The van der Waals surface area contributed by atoms with Crippen LogP contribution in [-0.2, 0) is 4.74 Å². The van der Waals surface area contributed by atoms with Crippen LogP contribution in [-0.4, -0.2) is 60.0 Å². The Morgan fingerprint density at radius 3 is 2.85 bits per heavy atom. The Balaban J connectivity index is 1.80. The molecule has 0 spiro atoms. The van der Waals surface area contributed by atoms with Crippen LogP contribution >= 0.6 is 0 Å². The number of nitrogens with one attached hydrogen (secondary N) is 3. The maximum Gasteiger partial charge on any atom is 0.319 e. The summed E-state index contributed by atoms with van der Waals surface area (Å²) in [7, 11) is 0. The second-order valence-electron chi connectivity index (χ2n) is 5.28. The zero-order chi connectivity index (χ0) is 14.4. The third-order valence-corrected chi connectivity index (χ3v) is 3.51. The van der Waals surface area contributed by atoms with Gasteiger partial charge >= 0.3 is 6.03 Å².